The summed E-state index contributed by atoms with van der Waals surface area (Å²) in [6.07, 6.45) is 3.52. The van der Waals surface area contributed by atoms with Crippen LogP contribution in [0.1, 0.15) is 48.9 Å². The van der Waals surface area contributed by atoms with Crippen molar-refractivity contribution >= 4 is 35.8 Å². The first kappa shape index (κ1) is 24.9. The molecular formula is C20H32IN7O. The van der Waals surface area contributed by atoms with Crippen molar-refractivity contribution in [2.45, 2.75) is 52.7 Å². The van der Waals surface area contributed by atoms with E-state index in [2.05, 4.69) is 45.0 Å². The molecule has 0 aliphatic carbocycles. The van der Waals surface area contributed by atoms with Crippen LogP contribution in [0.25, 0.3) is 0 Å². The highest BCUT2D eigenvalue weighted by molar-refractivity contribution is 14.0. The number of carbonyl (C=O) groups is 1. The normalized spacial score (nSPS) is 12.1. The lowest BCUT2D eigenvalue weighted by Crippen LogP contribution is -2.38. The maximum absolute atomic E-state index is 12.1. The van der Waals surface area contributed by atoms with E-state index in [0.717, 1.165) is 43.3 Å². The fraction of sp³-hybridized carbons (Fsp3) is 0.500. The van der Waals surface area contributed by atoms with Crippen molar-refractivity contribution in [3.05, 3.63) is 47.5 Å². The number of aryl methyl sites for hydroxylation is 1. The summed E-state index contributed by atoms with van der Waals surface area (Å²) in [5, 5.41) is 17.6. The van der Waals surface area contributed by atoms with E-state index in [0.29, 0.717) is 12.1 Å². The minimum atomic E-state index is -0.0354. The minimum Gasteiger partial charge on any atom is -0.355 e. The zero-order valence-corrected chi connectivity index (χ0v) is 19.9. The summed E-state index contributed by atoms with van der Waals surface area (Å²) in [5.41, 5.74) is 1.75. The summed E-state index contributed by atoms with van der Waals surface area (Å²) in [5.74, 6) is 1.67. The topological polar surface area (TPSA) is 96.2 Å². The Bertz CT molecular complexity index is 773. The average molecular weight is 513 g/mol. The van der Waals surface area contributed by atoms with Gasteiger partial charge in [-0.25, -0.2) is 0 Å². The predicted molar refractivity (Wildman–Crippen MR) is 127 cm³/mol. The Labute approximate surface area is 190 Å². The van der Waals surface area contributed by atoms with E-state index in [4.69, 9.17) is 0 Å². The maximum Gasteiger partial charge on any atom is 0.251 e. The second-order valence-corrected chi connectivity index (χ2v) is 6.63. The summed E-state index contributed by atoms with van der Waals surface area (Å²) in [4.78, 5) is 16.4. The smallest absolute Gasteiger partial charge is 0.251 e. The van der Waals surface area contributed by atoms with Gasteiger partial charge in [-0.3, -0.25) is 9.79 Å². The molecule has 0 fully saturated rings. The van der Waals surface area contributed by atoms with Crippen molar-refractivity contribution in [3.63, 3.8) is 0 Å². The van der Waals surface area contributed by atoms with E-state index in [1.54, 1.807) is 13.4 Å². The van der Waals surface area contributed by atoms with Crippen LogP contribution in [-0.2, 0) is 19.5 Å². The number of nitrogens with zero attached hydrogens (tertiary/aromatic N) is 4. The van der Waals surface area contributed by atoms with Crippen LogP contribution in [0.4, 0.5) is 0 Å². The van der Waals surface area contributed by atoms with Gasteiger partial charge in [0.25, 0.3) is 5.91 Å². The minimum absolute atomic E-state index is 0. The zero-order chi connectivity index (χ0) is 20.4. The third-order valence-electron chi connectivity index (χ3n) is 4.55. The number of hydrogen-bond acceptors (Lipinski definition) is 4. The van der Waals surface area contributed by atoms with Crippen molar-refractivity contribution in [2.24, 2.45) is 4.99 Å². The molecule has 2 aromatic rings. The molecule has 1 atom stereocenters. The van der Waals surface area contributed by atoms with Gasteiger partial charge in [-0.2, -0.15) is 0 Å². The van der Waals surface area contributed by atoms with Gasteiger partial charge in [0.2, 0.25) is 0 Å². The van der Waals surface area contributed by atoms with Crippen LogP contribution >= 0.6 is 24.0 Å². The molecule has 160 valence electrons. The highest BCUT2D eigenvalue weighted by Gasteiger charge is 2.08. The number of guanidine groups is 1. The molecule has 0 aliphatic heterocycles. The van der Waals surface area contributed by atoms with E-state index in [-0.39, 0.29) is 35.9 Å². The highest BCUT2D eigenvalue weighted by Crippen LogP contribution is 2.05. The fourth-order valence-corrected chi connectivity index (χ4v) is 2.62. The Kier molecular flexibility index (Phi) is 11.3. The van der Waals surface area contributed by atoms with E-state index in [9.17, 15) is 4.79 Å². The summed E-state index contributed by atoms with van der Waals surface area (Å²) < 4.78 is 2.03. The molecule has 1 aromatic carbocycles. The zero-order valence-electron chi connectivity index (χ0n) is 17.6. The predicted octanol–water partition coefficient (Wildman–Crippen LogP) is 2.35. The van der Waals surface area contributed by atoms with Crippen LogP contribution in [0.15, 0.2) is 35.6 Å². The molecule has 29 heavy (non-hydrogen) atoms. The fourth-order valence-electron chi connectivity index (χ4n) is 2.62. The lowest BCUT2D eigenvalue weighted by molar-refractivity contribution is 0.0939. The molecule has 1 amide bonds. The number of carbonyl (C=O) groups excluding carboxylic acids is 1. The molecule has 1 heterocycles. The maximum atomic E-state index is 12.1. The largest absolute Gasteiger partial charge is 0.355 e. The number of nitrogens with one attached hydrogen (secondary N) is 3. The van der Waals surface area contributed by atoms with Gasteiger partial charge in [-0.15, -0.1) is 34.2 Å². The van der Waals surface area contributed by atoms with E-state index in [1.165, 1.54) is 0 Å². The molecule has 0 radical (unpaired) electrons. The molecule has 0 saturated carbocycles. The van der Waals surface area contributed by atoms with Crippen LogP contribution < -0.4 is 16.0 Å². The molecule has 8 nitrogen and oxygen atoms in total. The summed E-state index contributed by atoms with van der Waals surface area (Å²) in [6.45, 7) is 8.24. The number of hydrogen-bond donors (Lipinski definition) is 3. The van der Waals surface area contributed by atoms with Gasteiger partial charge >= 0.3 is 0 Å². The van der Waals surface area contributed by atoms with E-state index in [1.807, 2.05) is 35.8 Å². The standard InChI is InChI=1S/C20H31N7O.HI/c1-5-15(3)25-19(28)17-9-7-16(8-10-17)13-23-20(21-4)22-11-12-27-14-24-26-18(27)6-2;/h7-10,14-15H,5-6,11-13H2,1-4H3,(H,25,28)(H2,21,22,23);1H. The van der Waals surface area contributed by atoms with Crippen LogP contribution in [0, 0.1) is 0 Å². The summed E-state index contributed by atoms with van der Waals surface area (Å²) in [7, 11) is 1.74. The van der Waals surface area contributed by atoms with Crippen LogP contribution in [-0.4, -0.2) is 46.3 Å². The number of halogens is 1. The first-order chi connectivity index (χ1) is 13.6. The Morgan fingerprint density at radius 1 is 1.21 bits per heavy atom. The van der Waals surface area contributed by atoms with Crippen molar-refractivity contribution in [2.75, 3.05) is 13.6 Å². The molecule has 2 rings (SSSR count). The molecular weight excluding hydrogens is 481 g/mol. The van der Waals surface area contributed by atoms with Gasteiger partial charge in [-0.05, 0) is 31.0 Å². The first-order valence-electron chi connectivity index (χ1n) is 9.78. The summed E-state index contributed by atoms with van der Waals surface area (Å²) >= 11 is 0. The SMILES string of the molecule is CCc1nncn1CCNC(=NC)NCc1ccc(C(=O)NC(C)CC)cc1.I. The monoisotopic (exact) mass is 513 g/mol. The number of aromatic nitrogens is 3. The number of aliphatic imine (C=N–C) groups is 1. The molecule has 9 heteroatoms. The highest BCUT2D eigenvalue weighted by atomic mass is 127. The van der Waals surface area contributed by atoms with Gasteiger partial charge in [0.15, 0.2) is 5.96 Å². The van der Waals surface area contributed by atoms with Crippen molar-refractivity contribution < 1.29 is 4.79 Å². The number of benzene rings is 1. The average Bonchev–Trinajstić information content (AvgIpc) is 3.18. The quantitative estimate of drug-likeness (QED) is 0.272. The molecule has 0 bridgehead atoms. The second-order valence-electron chi connectivity index (χ2n) is 6.63. The summed E-state index contributed by atoms with van der Waals surface area (Å²) in [6, 6.07) is 7.79. The van der Waals surface area contributed by atoms with Gasteiger partial charge in [-0.1, -0.05) is 26.0 Å². The molecule has 1 unspecified atom stereocenters. The third kappa shape index (κ3) is 8.00. The van der Waals surface area contributed by atoms with Crippen LogP contribution in [0.3, 0.4) is 0 Å². The first-order valence-corrected chi connectivity index (χ1v) is 9.78. The van der Waals surface area contributed by atoms with Crippen molar-refractivity contribution in [3.8, 4) is 0 Å². The molecule has 0 aliphatic rings. The van der Waals surface area contributed by atoms with Gasteiger partial charge in [0.05, 0.1) is 0 Å². The van der Waals surface area contributed by atoms with Crippen molar-refractivity contribution in [1.82, 2.24) is 30.7 Å². The molecule has 0 saturated heterocycles. The van der Waals surface area contributed by atoms with Crippen LogP contribution in [0.2, 0.25) is 0 Å². The van der Waals surface area contributed by atoms with E-state index < -0.39 is 0 Å². The van der Waals surface area contributed by atoms with Gasteiger partial charge < -0.3 is 20.5 Å². The van der Waals surface area contributed by atoms with Crippen molar-refractivity contribution in [1.29, 1.82) is 0 Å². The Morgan fingerprint density at radius 2 is 1.93 bits per heavy atom. The third-order valence-corrected chi connectivity index (χ3v) is 4.55. The Balaban J connectivity index is 0.00000420. The molecule has 3 N–H and O–H groups in total. The molecule has 0 spiro atoms. The van der Waals surface area contributed by atoms with Crippen LogP contribution in [0.5, 0.6) is 0 Å². The number of amides is 1. The lowest BCUT2D eigenvalue weighted by atomic mass is 10.1. The Hall–Kier alpha value is -2.17. The Morgan fingerprint density at radius 3 is 2.55 bits per heavy atom. The molecule has 1 aromatic heterocycles. The number of rotatable bonds is 9. The van der Waals surface area contributed by atoms with Gasteiger partial charge in [0.1, 0.15) is 12.2 Å². The second kappa shape index (κ2) is 13.1. The van der Waals surface area contributed by atoms with Gasteiger partial charge in [0, 0.05) is 44.7 Å². The lowest BCUT2D eigenvalue weighted by Gasteiger charge is -2.13. The van der Waals surface area contributed by atoms with E-state index >= 15 is 0 Å².